The zero-order valence-corrected chi connectivity index (χ0v) is 19.1. The summed E-state index contributed by atoms with van der Waals surface area (Å²) < 4.78 is 0. The first kappa shape index (κ1) is 22.2. The van der Waals surface area contributed by atoms with Gasteiger partial charge in [-0.05, 0) is 51.1 Å². The van der Waals surface area contributed by atoms with Crippen LogP contribution in [-0.2, 0) is 0 Å². The van der Waals surface area contributed by atoms with E-state index in [1.807, 2.05) is 7.05 Å². The molecule has 2 heterocycles. The van der Waals surface area contributed by atoms with Gasteiger partial charge in [0.05, 0.1) is 6.10 Å². The van der Waals surface area contributed by atoms with Crippen molar-refractivity contribution in [3.05, 3.63) is 0 Å². The van der Waals surface area contributed by atoms with E-state index in [1.54, 1.807) is 0 Å². The van der Waals surface area contributed by atoms with E-state index in [0.29, 0.717) is 0 Å². The number of likely N-dealkylation sites (tertiary alicyclic amines) is 2. The molecule has 0 aromatic carbocycles. The van der Waals surface area contributed by atoms with Crippen LogP contribution >= 0.6 is 24.0 Å². The van der Waals surface area contributed by atoms with Crippen LogP contribution in [0.1, 0.15) is 58.3 Å². The first-order chi connectivity index (χ1) is 12.1. The highest BCUT2D eigenvalue weighted by Crippen LogP contribution is 2.35. The molecule has 0 aromatic rings. The monoisotopic (exact) mass is 478 g/mol. The summed E-state index contributed by atoms with van der Waals surface area (Å²) >= 11 is 0. The number of rotatable bonds is 4. The molecule has 0 aromatic heterocycles. The molecule has 0 bridgehead atoms. The van der Waals surface area contributed by atoms with Gasteiger partial charge in [0.15, 0.2) is 5.96 Å². The van der Waals surface area contributed by atoms with Crippen molar-refractivity contribution < 1.29 is 5.11 Å². The molecule has 2 saturated heterocycles. The van der Waals surface area contributed by atoms with Crippen LogP contribution in [0.4, 0.5) is 0 Å². The Morgan fingerprint density at radius 1 is 1.12 bits per heavy atom. The summed E-state index contributed by atoms with van der Waals surface area (Å²) in [5, 5.41) is 14.0. The summed E-state index contributed by atoms with van der Waals surface area (Å²) in [6, 6.07) is 0. The molecule has 26 heavy (non-hydrogen) atoms. The second-order valence-corrected chi connectivity index (χ2v) is 8.78. The molecule has 3 atom stereocenters. The van der Waals surface area contributed by atoms with Gasteiger partial charge in [0, 0.05) is 38.6 Å². The summed E-state index contributed by atoms with van der Waals surface area (Å²) in [4.78, 5) is 9.61. The molecule has 3 rings (SSSR count). The molecule has 1 saturated carbocycles. The Morgan fingerprint density at radius 2 is 1.88 bits per heavy atom. The topological polar surface area (TPSA) is 51.1 Å². The standard InChI is InChI=1S/C20H38N4O.HI/c1-20(10-5-4-8-18(20)25)16-22-19(21-2)24-13-9-17(15-24)14-23-11-6-3-7-12-23;/h17-18,25H,3-16H2,1-2H3,(H,21,22);1H. The third-order valence-electron chi connectivity index (χ3n) is 6.69. The Labute approximate surface area is 177 Å². The fraction of sp³-hybridized carbons (Fsp3) is 0.950. The zero-order chi connectivity index (χ0) is 17.7. The van der Waals surface area contributed by atoms with Crippen molar-refractivity contribution >= 4 is 29.9 Å². The Morgan fingerprint density at radius 3 is 2.58 bits per heavy atom. The quantitative estimate of drug-likeness (QED) is 0.371. The van der Waals surface area contributed by atoms with Gasteiger partial charge in [-0.1, -0.05) is 26.2 Å². The van der Waals surface area contributed by atoms with E-state index < -0.39 is 0 Å². The highest BCUT2D eigenvalue weighted by Gasteiger charge is 2.36. The van der Waals surface area contributed by atoms with Gasteiger partial charge >= 0.3 is 0 Å². The average Bonchev–Trinajstić information content (AvgIpc) is 3.07. The van der Waals surface area contributed by atoms with Crippen LogP contribution in [0, 0.1) is 11.3 Å². The average molecular weight is 478 g/mol. The van der Waals surface area contributed by atoms with Gasteiger partial charge in [0.1, 0.15) is 0 Å². The summed E-state index contributed by atoms with van der Waals surface area (Å²) in [5.41, 5.74) is -0.0128. The lowest BCUT2D eigenvalue weighted by Crippen LogP contribution is -2.49. The molecule has 1 aliphatic carbocycles. The highest BCUT2D eigenvalue weighted by molar-refractivity contribution is 14.0. The molecule has 3 aliphatic rings. The number of piperidine rings is 1. The van der Waals surface area contributed by atoms with Gasteiger partial charge in [-0.2, -0.15) is 0 Å². The number of hydrogen-bond acceptors (Lipinski definition) is 3. The minimum absolute atomic E-state index is 0. The number of aliphatic hydroxyl groups excluding tert-OH is 1. The van der Waals surface area contributed by atoms with Crippen LogP contribution in [0.15, 0.2) is 4.99 Å². The highest BCUT2D eigenvalue weighted by atomic mass is 127. The Bertz CT molecular complexity index is 455. The predicted molar refractivity (Wildman–Crippen MR) is 119 cm³/mol. The Kier molecular flexibility index (Phi) is 8.94. The largest absolute Gasteiger partial charge is 0.392 e. The smallest absolute Gasteiger partial charge is 0.193 e. The number of aliphatic imine (C=N–C) groups is 1. The normalized spacial score (nSPS) is 33.8. The van der Waals surface area contributed by atoms with E-state index in [4.69, 9.17) is 0 Å². The van der Waals surface area contributed by atoms with Gasteiger partial charge < -0.3 is 20.2 Å². The second kappa shape index (κ2) is 10.5. The van der Waals surface area contributed by atoms with E-state index in [9.17, 15) is 5.11 Å². The van der Waals surface area contributed by atoms with Crippen LogP contribution in [0.3, 0.4) is 0 Å². The maximum Gasteiger partial charge on any atom is 0.193 e. The van der Waals surface area contributed by atoms with Crippen molar-refractivity contribution in [3.8, 4) is 0 Å². The molecule has 2 aliphatic heterocycles. The summed E-state index contributed by atoms with van der Waals surface area (Å²) in [6.07, 6.45) is 9.70. The van der Waals surface area contributed by atoms with Crippen molar-refractivity contribution in [2.75, 3.05) is 46.3 Å². The fourth-order valence-corrected chi connectivity index (χ4v) is 4.88. The molecule has 3 unspecified atom stereocenters. The lowest BCUT2D eigenvalue weighted by molar-refractivity contribution is 0.00369. The first-order valence-electron chi connectivity index (χ1n) is 10.5. The number of halogens is 1. The molecule has 2 N–H and O–H groups in total. The van der Waals surface area contributed by atoms with Crippen LogP contribution < -0.4 is 5.32 Å². The molecule has 0 radical (unpaired) electrons. The van der Waals surface area contributed by atoms with E-state index in [2.05, 4.69) is 27.0 Å². The van der Waals surface area contributed by atoms with Crippen LogP contribution in [0.2, 0.25) is 0 Å². The van der Waals surface area contributed by atoms with Gasteiger partial charge in [-0.3, -0.25) is 4.99 Å². The number of nitrogens with zero attached hydrogens (tertiary/aromatic N) is 3. The number of aliphatic hydroxyl groups is 1. The van der Waals surface area contributed by atoms with E-state index in [1.165, 1.54) is 51.7 Å². The SMILES string of the molecule is CN=C(NCC1(C)CCCCC1O)N1CCC(CN2CCCCC2)C1.I. The molecule has 152 valence electrons. The van der Waals surface area contributed by atoms with Crippen molar-refractivity contribution in [2.24, 2.45) is 16.3 Å². The van der Waals surface area contributed by atoms with Gasteiger partial charge in [-0.15, -0.1) is 24.0 Å². The zero-order valence-electron chi connectivity index (χ0n) is 16.8. The van der Waals surface area contributed by atoms with Gasteiger partial charge in [-0.25, -0.2) is 0 Å². The molecule has 5 nitrogen and oxygen atoms in total. The van der Waals surface area contributed by atoms with Crippen LogP contribution in [0.5, 0.6) is 0 Å². The van der Waals surface area contributed by atoms with Crippen molar-refractivity contribution in [1.29, 1.82) is 0 Å². The van der Waals surface area contributed by atoms with Crippen molar-refractivity contribution in [2.45, 2.75) is 64.4 Å². The molecule has 3 fully saturated rings. The van der Waals surface area contributed by atoms with Crippen LogP contribution in [-0.4, -0.2) is 73.3 Å². The third-order valence-corrected chi connectivity index (χ3v) is 6.69. The van der Waals surface area contributed by atoms with E-state index >= 15 is 0 Å². The molecule has 6 heteroatoms. The Balaban J connectivity index is 0.00000243. The van der Waals surface area contributed by atoms with Crippen molar-refractivity contribution in [1.82, 2.24) is 15.1 Å². The molecule has 0 amide bonds. The van der Waals surface area contributed by atoms with Gasteiger partial charge in [0.2, 0.25) is 0 Å². The van der Waals surface area contributed by atoms with E-state index in [0.717, 1.165) is 50.8 Å². The first-order valence-corrected chi connectivity index (χ1v) is 10.5. The maximum absolute atomic E-state index is 10.4. The maximum atomic E-state index is 10.4. The predicted octanol–water partition coefficient (Wildman–Crippen LogP) is 2.93. The second-order valence-electron chi connectivity index (χ2n) is 8.78. The fourth-order valence-electron chi connectivity index (χ4n) is 4.88. The molecular formula is C20H39IN4O. The third kappa shape index (κ3) is 5.71. The van der Waals surface area contributed by atoms with Crippen molar-refractivity contribution in [3.63, 3.8) is 0 Å². The summed E-state index contributed by atoms with van der Waals surface area (Å²) in [6.45, 7) is 9.12. The molecule has 0 spiro atoms. The number of guanidine groups is 1. The molecular weight excluding hydrogens is 439 g/mol. The van der Waals surface area contributed by atoms with Crippen LogP contribution in [0.25, 0.3) is 0 Å². The number of hydrogen-bond donors (Lipinski definition) is 2. The Hall–Kier alpha value is -0.0800. The van der Waals surface area contributed by atoms with Gasteiger partial charge in [0.25, 0.3) is 0 Å². The number of nitrogens with one attached hydrogen (secondary N) is 1. The minimum Gasteiger partial charge on any atom is -0.392 e. The lowest BCUT2D eigenvalue weighted by atomic mass is 9.73. The minimum atomic E-state index is -0.183. The van der Waals surface area contributed by atoms with E-state index in [-0.39, 0.29) is 35.5 Å². The summed E-state index contributed by atoms with van der Waals surface area (Å²) in [7, 11) is 1.89. The lowest BCUT2D eigenvalue weighted by Gasteiger charge is -2.39. The summed E-state index contributed by atoms with van der Waals surface area (Å²) in [5.74, 6) is 1.80.